The fourth-order valence-corrected chi connectivity index (χ4v) is 3.70. The molecule has 1 saturated heterocycles. The first-order valence-corrected chi connectivity index (χ1v) is 10.2. The van der Waals surface area contributed by atoms with Crippen LogP contribution in [0.2, 0.25) is 5.02 Å². The molecule has 0 aromatic heterocycles. The fraction of sp³-hybridized carbons (Fsp3) is 0.524. The molecule has 0 atom stereocenters. The number of nitrogens with zero attached hydrogens (tertiary/aromatic N) is 1. The van der Waals surface area contributed by atoms with E-state index in [0.717, 1.165) is 44.3 Å². The maximum atomic E-state index is 12.3. The van der Waals surface area contributed by atoms with E-state index in [1.54, 1.807) is 18.2 Å². The molecule has 2 fully saturated rings. The Bertz CT molecular complexity index is 753. The third-order valence-corrected chi connectivity index (χ3v) is 5.32. The van der Waals surface area contributed by atoms with Gasteiger partial charge in [-0.05, 0) is 56.4 Å². The summed E-state index contributed by atoms with van der Waals surface area (Å²) >= 11 is 6.24. The molecule has 1 aromatic rings. The molecule has 1 heterocycles. The highest BCUT2D eigenvalue weighted by atomic mass is 35.5. The third kappa shape index (κ3) is 5.19. The average Bonchev–Trinajstić information content (AvgIpc) is 3.52. The number of hydrogen-bond donors (Lipinski definition) is 1. The maximum Gasteiger partial charge on any atom is 0.244 e. The number of benzene rings is 1. The lowest BCUT2D eigenvalue weighted by atomic mass is 10.0. The van der Waals surface area contributed by atoms with Crippen LogP contribution in [0.4, 0.5) is 0 Å². The minimum absolute atomic E-state index is 0.0962. The summed E-state index contributed by atoms with van der Waals surface area (Å²) in [7, 11) is 1.54. The SMILES string of the molecule is CCOc1cc(/C=C/C(=O)NC2CCN(C(=O)C3CC3)CC2)cc(Cl)c1OC. The molecule has 3 rings (SSSR count). The number of ether oxygens (including phenoxy) is 2. The van der Waals surface area contributed by atoms with E-state index in [-0.39, 0.29) is 23.8 Å². The maximum absolute atomic E-state index is 12.3. The van der Waals surface area contributed by atoms with Gasteiger partial charge in [0, 0.05) is 31.1 Å². The van der Waals surface area contributed by atoms with Gasteiger partial charge >= 0.3 is 0 Å². The van der Waals surface area contributed by atoms with E-state index < -0.39 is 0 Å². The molecule has 1 aliphatic heterocycles. The summed E-state index contributed by atoms with van der Waals surface area (Å²) in [6.45, 7) is 3.81. The Balaban J connectivity index is 1.53. The van der Waals surface area contributed by atoms with Crippen LogP contribution in [0.3, 0.4) is 0 Å². The standard InChI is InChI=1S/C21H27ClN2O4/c1-3-28-18-13-14(12-17(22)20(18)27-2)4-7-19(25)23-16-8-10-24(11-9-16)21(26)15-5-6-15/h4,7,12-13,15-16H,3,5-6,8-11H2,1-2H3,(H,23,25)/b7-4+. The molecule has 152 valence electrons. The summed E-state index contributed by atoms with van der Waals surface area (Å²) in [6.07, 6.45) is 6.84. The van der Waals surface area contributed by atoms with Crippen LogP contribution in [0.25, 0.3) is 6.08 Å². The second kappa shape index (κ2) is 9.32. The first-order chi connectivity index (χ1) is 13.5. The Labute approximate surface area is 170 Å². The van der Waals surface area contributed by atoms with E-state index in [2.05, 4.69) is 5.32 Å². The zero-order valence-corrected chi connectivity index (χ0v) is 17.1. The summed E-state index contributed by atoms with van der Waals surface area (Å²) < 4.78 is 10.8. The Morgan fingerprint density at radius 1 is 1.25 bits per heavy atom. The predicted molar refractivity (Wildman–Crippen MR) is 109 cm³/mol. The van der Waals surface area contributed by atoms with Crippen LogP contribution in [-0.2, 0) is 9.59 Å². The topological polar surface area (TPSA) is 67.9 Å². The van der Waals surface area contributed by atoms with Gasteiger partial charge in [0.05, 0.1) is 18.7 Å². The Morgan fingerprint density at radius 3 is 2.57 bits per heavy atom. The van der Waals surface area contributed by atoms with E-state index >= 15 is 0 Å². The zero-order chi connectivity index (χ0) is 20.1. The third-order valence-electron chi connectivity index (χ3n) is 5.04. The summed E-state index contributed by atoms with van der Waals surface area (Å²) in [5.74, 6) is 1.41. The first-order valence-electron chi connectivity index (χ1n) is 9.79. The van der Waals surface area contributed by atoms with E-state index in [1.807, 2.05) is 11.8 Å². The Kier molecular flexibility index (Phi) is 6.83. The van der Waals surface area contributed by atoms with Gasteiger partial charge < -0.3 is 19.7 Å². The number of rotatable bonds is 7. The molecule has 0 spiro atoms. The number of nitrogens with one attached hydrogen (secondary N) is 1. The Hall–Kier alpha value is -2.21. The second-order valence-electron chi connectivity index (χ2n) is 7.18. The zero-order valence-electron chi connectivity index (χ0n) is 16.4. The number of amides is 2. The molecule has 2 aliphatic rings. The number of piperidine rings is 1. The van der Waals surface area contributed by atoms with E-state index in [1.165, 1.54) is 13.2 Å². The first kappa shape index (κ1) is 20.5. The van der Waals surface area contributed by atoms with Gasteiger partial charge in [-0.2, -0.15) is 0 Å². The van der Waals surface area contributed by atoms with Crippen LogP contribution >= 0.6 is 11.6 Å². The molecule has 6 nitrogen and oxygen atoms in total. The molecule has 28 heavy (non-hydrogen) atoms. The molecule has 0 radical (unpaired) electrons. The average molecular weight is 407 g/mol. The molecule has 0 unspecified atom stereocenters. The lowest BCUT2D eigenvalue weighted by Gasteiger charge is -2.32. The highest BCUT2D eigenvalue weighted by Crippen LogP contribution is 2.36. The fourth-order valence-electron chi connectivity index (χ4n) is 3.40. The minimum Gasteiger partial charge on any atom is -0.491 e. The van der Waals surface area contributed by atoms with Gasteiger partial charge in [0.1, 0.15) is 0 Å². The molecule has 1 saturated carbocycles. The number of carbonyl (C=O) groups is 2. The van der Waals surface area contributed by atoms with Crippen LogP contribution in [0.1, 0.15) is 38.2 Å². The van der Waals surface area contributed by atoms with E-state index in [9.17, 15) is 9.59 Å². The van der Waals surface area contributed by atoms with Crippen LogP contribution in [-0.4, -0.2) is 49.6 Å². The van der Waals surface area contributed by atoms with Crippen molar-refractivity contribution < 1.29 is 19.1 Å². The number of methoxy groups -OCH3 is 1. The number of halogens is 1. The van der Waals surface area contributed by atoms with Crippen LogP contribution in [0, 0.1) is 5.92 Å². The highest BCUT2D eigenvalue weighted by molar-refractivity contribution is 6.32. The number of likely N-dealkylation sites (tertiary alicyclic amines) is 1. The van der Waals surface area contributed by atoms with Crippen molar-refractivity contribution in [3.8, 4) is 11.5 Å². The number of carbonyl (C=O) groups excluding carboxylic acids is 2. The predicted octanol–water partition coefficient (Wildman–Crippen LogP) is 3.28. The van der Waals surface area contributed by atoms with Crippen molar-refractivity contribution in [1.29, 1.82) is 0 Å². The van der Waals surface area contributed by atoms with Gasteiger partial charge in [0.15, 0.2) is 11.5 Å². The van der Waals surface area contributed by atoms with Crippen molar-refractivity contribution >= 4 is 29.5 Å². The van der Waals surface area contributed by atoms with Crippen molar-refractivity contribution in [1.82, 2.24) is 10.2 Å². The van der Waals surface area contributed by atoms with Gasteiger partial charge in [-0.1, -0.05) is 11.6 Å². The quantitative estimate of drug-likeness (QED) is 0.705. The van der Waals surface area contributed by atoms with Crippen molar-refractivity contribution in [2.75, 3.05) is 26.8 Å². The van der Waals surface area contributed by atoms with E-state index in [4.69, 9.17) is 21.1 Å². The monoisotopic (exact) mass is 406 g/mol. The van der Waals surface area contributed by atoms with Crippen LogP contribution in [0.5, 0.6) is 11.5 Å². The largest absolute Gasteiger partial charge is 0.491 e. The number of hydrogen-bond acceptors (Lipinski definition) is 4. The molecular weight excluding hydrogens is 380 g/mol. The van der Waals surface area contributed by atoms with Gasteiger partial charge in [0.2, 0.25) is 11.8 Å². The molecule has 7 heteroatoms. The minimum atomic E-state index is -0.156. The van der Waals surface area contributed by atoms with Gasteiger partial charge in [-0.3, -0.25) is 9.59 Å². The summed E-state index contributed by atoms with van der Waals surface area (Å²) in [5, 5.41) is 3.45. The second-order valence-corrected chi connectivity index (χ2v) is 7.59. The lowest BCUT2D eigenvalue weighted by molar-refractivity contribution is -0.133. The molecule has 0 bridgehead atoms. The summed E-state index contributed by atoms with van der Waals surface area (Å²) in [4.78, 5) is 26.3. The van der Waals surface area contributed by atoms with E-state index in [0.29, 0.717) is 23.1 Å². The lowest BCUT2D eigenvalue weighted by Crippen LogP contribution is -2.46. The van der Waals surface area contributed by atoms with Crippen molar-refractivity contribution in [2.24, 2.45) is 5.92 Å². The van der Waals surface area contributed by atoms with Crippen molar-refractivity contribution in [3.63, 3.8) is 0 Å². The normalized spacial score (nSPS) is 17.6. The summed E-state index contributed by atoms with van der Waals surface area (Å²) in [6, 6.07) is 3.62. The molecule has 1 aliphatic carbocycles. The molecule has 1 aromatic carbocycles. The van der Waals surface area contributed by atoms with Gasteiger partial charge in [-0.25, -0.2) is 0 Å². The highest BCUT2D eigenvalue weighted by Gasteiger charge is 2.34. The van der Waals surface area contributed by atoms with Crippen molar-refractivity contribution in [2.45, 2.75) is 38.6 Å². The van der Waals surface area contributed by atoms with Crippen molar-refractivity contribution in [3.05, 3.63) is 28.8 Å². The Morgan fingerprint density at radius 2 is 1.96 bits per heavy atom. The molecular formula is C21H27ClN2O4. The van der Waals surface area contributed by atoms with Crippen LogP contribution in [0.15, 0.2) is 18.2 Å². The van der Waals surface area contributed by atoms with Crippen LogP contribution < -0.4 is 14.8 Å². The van der Waals surface area contributed by atoms with Gasteiger partial charge in [-0.15, -0.1) is 0 Å². The molecule has 1 N–H and O–H groups in total. The van der Waals surface area contributed by atoms with Gasteiger partial charge in [0.25, 0.3) is 0 Å². The summed E-state index contributed by atoms with van der Waals surface area (Å²) in [5.41, 5.74) is 0.759. The smallest absolute Gasteiger partial charge is 0.244 e. The molecule has 2 amide bonds.